The van der Waals surface area contributed by atoms with Gasteiger partial charge >= 0.3 is 5.97 Å². The molecule has 2 aromatic rings. The summed E-state index contributed by atoms with van der Waals surface area (Å²) in [5, 5.41) is 5.54. The van der Waals surface area contributed by atoms with Crippen LogP contribution >= 0.6 is 15.9 Å². The number of halogens is 1. The Morgan fingerprint density at radius 1 is 0.926 bits per heavy atom. The molecule has 0 atom stereocenters. The molecule has 2 aliphatic rings. The number of rotatable bonds is 1. The number of hydrogen-bond donors (Lipinski definition) is 2. The van der Waals surface area contributed by atoms with Crippen LogP contribution in [0.25, 0.3) is 0 Å². The molecule has 2 aliphatic heterocycles. The molecule has 0 spiro atoms. The highest BCUT2D eigenvalue weighted by atomic mass is 79.9. The lowest BCUT2D eigenvalue weighted by atomic mass is 9.95. The molecule has 27 heavy (non-hydrogen) atoms. The maximum Gasteiger partial charge on any atom is 0.338 e. The number of methoxy groups -OCH3 is 1. The fourth-order valence-corrected chi connectivity index (χ4v) is 3.75. The highest BCUT2D eigenvalue weighted by Gasteiger charge is 2.22. The Hall–Kier alpha value is -2.67. The van der Waals surface area contributed by atoms with Crippen LogP contribution in [0.3, 0.4) is 0 Å². The van der Waals surface area contributed by atoms with Gasteiger partial charge in [0.1, 0.15) is 0 Å². The third-order valence-electron chi connectivity index (χ3n) is 4.51. The van der Waals surface area contributed by atoms with Crippen LogP contribution < -0.4 is 10.6 Å². The van der Waals surface area contributed by atoms with Gasteiger partial charge in [-0.2, -0.15) is 0 Å². The molecule has 0 aliphatic carbocycles. The Balaban J connectivity index is 0.000000159. The Labute approximate surface area is 165 Å². The fourth-order valence-electron chi connectivity index (χ4n) is 3.19. The van der Waals surface area contributed by atoms with E-state index in [1.54, 1.807) is 18.2 Å². The molecule has 4 rings (SSSR count). The zero-order valence-corrected chi connectivity index (χ0v) is 16.4. The van der Waals surface area contributed by atoms with Gasteiger partial charge in [0.05, 0.1) is 12.7 Å². The predicted molar refractivity (Wildman–Crippen MR) is 104 cm³/mol. The van der Waals surface area contributed by atoms with Gasteiger partial charge in [0.25, 0.3) is 11.8 Å². The summed E-state index contributed by atoms with van der Waals surface area (Å²) in [7, 11) is 1.34. The Morgan fingerprint density at radius 2 is 1.48 bits per heavy atom. The normalized spacial score (nSPS) is 14.6. The second kappa shape index (κ2) is 8.35. The summed E-state index contributed by atoms with van der Waals surface area (Å²) in [5.74, 6) is -0.471. The molecule has 0 fully saturated rings. The number of esters is 1. The summed E-state index contributed by atoms with van der Waals surface area (Å²) < 4.78 is 5.70. The molecule has 0 bridgehead atoms. The van der Waals surface area contributed by atoms with Crippen LogP contribution in [0.1, 0.15) is 42.2 Å². The lowest BCUT2D eigenvalue weighted by molar-refractivity contribution is 0.0599. The van der Waals surface area contributed by atoms with Crippen molar-refractivity contribution >= 4 is 33.7 Å². The van der Waals surface area contributed by atoms with Crippen molar-refractivity contribution in [1.82, 2.24) is 10.6 Å². The first kappa shape index (κ1) is 19.1. The van der Waals surface area contributed by atoms with Gasteiger partial charge in [0, 0.05) is 28.7 Å². The van der Waals surface area contributed by atoms with E-state index < -0.39 is 0 Å². The first-order chi connectivity index (χ1) is 13.0. The average Bonchev–Trinajstić information content (AvgIpc) is 2.69. The SMILES string of the molecule is COC(=O)c1cccc2c1CCNC2=O.O=C1NCCc2c(Br)cccc21. The lowest BCUT2D eigenvalue weighted by Gasteiger charge is -2.18. The molecule has 0 saturated heterocycles. The number of fused-ring (bicyclic) bond motifs is 2. The summed E-state index contributed by atoms with van der Waals surface area (Å²) >= 11 is 3.43. The first-order valence-corrected chi connectivity index (χ1v) is 9.36. The van der Waals surface area contributed by atoms with E-state index in [1.165, 1.54) is 7.11 Å². The molecule has 6 nitrogen and oxygen atoms in total. The van der Waals surface area contributed by atoms with Crippen LogP contribution in [0.15, 0.2) is 40.9 Å². The molecular formula is C20H19BrN2O4. The molecular weight excluding hydrogens is 412 g/mol. The summed E-state index contributed by atoms with van der Waals surface area (Å²) in [6.07, 6.45) is 1.59. The van der Waals surface area contributed by atoms with E-state index >= 15 is 0 Å². The molecule has 7 heteroatoms. The van der Waals surface area contributed by atoms with Crippen LogP contribution in [0.4, 0.5) is 0 Å². The molecule has 0 saturated carbocycles. The van der Waals surface area contributed by atoms with Crippen molar-refractivity contribution < 1.29 is 19.1 Å². The van der Waals surface area contributed by atoms with Crippen molar-refractivity contribution in [2.24, 2.45) is 0 Å². The number of amides is 2. The third kappa shape index (κ3) is 4.03. The second-order valence-corrected chi connectivity index (χ2v) is 6.96. The van der Waals surface area contributed by atoms with Gasteiger partial charge in [0.2, 0.25) is 0 Å². The van der Waals surface area contributed by atoms with Crippen molar-refractivity contribution in [2.45, 2.75) is 12.8 Å². The summed E-state index contributed by atoms with van der Waals surface area (Å²) in [6.45, 7) is 1.31. The molecule has 0 radical (unpaired) electrons. The number of benzene rings is 2. The number of carbonyl (C=O) groups excluding carboxylic acids is 3. The summed E-state index contributed by atoms with van der Waals surface area (Å²) in [4.78, 5) is 34.2. The number of nitrogens with one attached hydrogen (secondary N) is 2. The molecule has 2 aromatic carbocycles. The highest BCUT2D eigenvalue weighted by Crippen LogP contribution is 2.23. The predicted octanol–water partition coefficient (Wildman–Crippen LogP) is 2.49. The average molecular weight is 431 g/mol. The van der Waals surface area contributed by atoms with E-state index in [-0.39, 0.29) is 17.8 Å². The largest absolute Gasteiger partial charge is 0.465 e. The van der Waals surface area contributed by atoms with E-state index in [4.69, 9.17) is 0 Å². The van der Waals surface area contributed by atoms with E-state index in [0.717, 1.165) is 34.1 Å². The summed E-state index contributed by atoms with van der Waals surface area (Å²) in [5.41, 5.74) is 3.78. The van der Waals surface area contributed by atoms with Gasteiger partial charge in [-0.05, 0) is 48.2 Å². The smallest absolute Gasteiger partial charge is 0.338 e. The molecule has 140 valence electrons. The second-order valence-electron chi connectivity index (χ2n) is 6.10. The minimum atomic E-state index is -0.387. The third-order valence-corrected chi connectivity index (χ3v) is 5.25. The standard InChI is InChI=1S/C11H11NO3.C9H8BrNO/c1-15-11(14)9-4-2-3-8-7(9)5-6-12-10(8)13;10-8-3-1-2-7-6(8)4-5-11-9(7)12/h2-4H,5-6H2,1H3,(H,12,13);1-3H,4-5H2,(H,11,12). The zero-order valence-electron chi connectivity index (χ0n) is 14.8. The first-order valence-electron chi connectivity index (χ1n) is 8.57. The Morgan fingerprint density at radius 3 is 2.07 bits per heavy atom. The van der Waals surface area contributed by atoms with Crippen LogP contribution in [0.2, 0.25) is 0 Å². The van der Waals surface area contributed by atoms with Gasteiger partial charge in [0.15, 0.2) is 0 Å². The van der Waals surface area contributed by atoms with Crippen molar-refractivity contribution in [3.63, 3.8) is 0 Å². The summed E-state index contributed by atoms with van der Waals surface area (Å²) in [6, 6.07) is 10.8. The van der Waals surface area contributed by atoms with Gasteiger partial charge in [-0.25, -0.2) is 4.79 Å². The number of carbonyl (C=O) groups is 3. The fraction of sp³-hybridized carbons (Fsp3) is 0.250. The monoisotopic (exact) mass is 430 g/mol. The molecule has 2 N–H and O–H groups in total. The Bertz CT molecular complexity index is 911. The highest BCUT2D eigenvalue weighted by molar-refractivity contribution is 9.10. The topological polar surface area (TPSA) is 84.5 Å². The molecule has 0 unspecified atom stereocenters. The van der Waals surface area contributed by atoms with Crippen molar-refractivity contribution in [3.05, 3.63) is 68.7 Å². The maximum atomic E-state index is 11.5. The van der Waals surface area contributed by atoms with Crippen LogP contribution in [-0.2, 0) is 17.6 Å². The van der Waals surface area contributed by atoms with Gasteiger partial charge in [-0.3, -0.25) is 9.59 Å². The van der Waals surface area contributed by atoms with E-state index in [1.807, 2.05) is 18.2 Å². The van der Waals surface area contributed by atoms with Crippen molar-refractivity contribution in [3.8, 4) is 0 Å². The van der Waals surface area contributed by atoms with Gasteiger partial charge < -0.3 is 15.4 Å². The van der Waals surface area contributed by atoms with Gasteiger partial charge in [-0.15, -0.1) is 0 Å². The zero-order chi connectivity index (χ0) is 19.4. The minimum Gasteiger partial charge on any atom is -0.465 e. The Kier molecular flexibility index (Phi) is 5.91. The van der Waals surface area contributed by atoms with Crippen LogP contribution in [-0.4, -0.2) is 38.0 Å². The van der Waals surface area contributed by atoms with Gasteiger partial charge in [-0.1, -0.05) is 28.1 Å². The van der Waals surface area contributed by atoms with Crippen LogP contribution in [0.5, 0.6) is 0 Å². The lowest BCUT2D eigenvalue weighted by Crippen LogP contribution is -2.33. The quantitative estimate of drug-likeness (QED) is 0.680. The number of hydrogen-bond acceptors (Lipinski definition) is 4. The molecule has 2 heterocycles. The van der Waals surface area contributed by atoms with Crippen LogP contribution in [0, 0.1) is 0 Å². The number of ether oxygens (including phenoxy) is 1. The molecule has 2 amide bonds. The van der Waals surface area contributed by atoms with E-state index in [0.29, 0.717) is 24.1 Å². The molecule has 0 aromatic heterocycles. The van der Waals surface area contributed by atoms with E-state index in [2.05, 4.69) is 31.3 Å². The maximum absolute atomic E-state index is 11.5. The van der Waals surface area contributed by atoms with E-state index in [9.17, 15) is 14.4 Å². The minimum absolute atomic E-state index is 0.0394. The van der Waals surface area contributed by atoms with Crippen molar-refractivity contribution in [1.29, 1.82) is 0 Å². The van der Waals surface area contributed by atoms with Crippen molar-refractivity contribution in [2.75, 3.05) is 20.2 Å².